The lowest BCUT2D eigenvalue weighted by molar-refractivity contribution is -0.161. The first-order valence-corrected chi connectivity index (χ1v) is 16.6. The molecule has 0 spiro atoms. The van der Waals surface area contributed by atoms with E-state index in [9.17, 15) is 19.2 Å². The van der Waals surface area contributed by atoms with Crippen LogP contribution in [0.3, 0.4) is 0 Å². The first-order chi connectivity index (χ1) is 21.9. The van der Waals surface area contributed by atoms with E-state index >= 15 is 0 Å². The van der Waals surface area contributed by atoms with Gasteiger partial charge in [-0.3, -0.25) is 4.57 Å². The van der Waals surface area contributed by atoms with Crippen molar-refractivity contribution >= 4 is 47.7 Å². The average molecular weight is 687 g/mol. The number of amides is 2. The average Bonchev–Trinajstić information content (AvgIpc) is 3.31. The Balaban J connectivity index is 2.25. The normalized spacial score (nSPS) is 17.0. The lowest BCUT2D eigenvalue weighted by Gasteiger charge is -2.33. The lowest BCUT2D eigenvalue weighted by atomic mass is 9.78. The van der Waals surface area contributed by atoms with E-state index in [4.69, 9.17) is 28.3 Å². The second-order valence-corrected chi connectivity index (χ2v) is 17.5. The second-order valence-electron chi connectivity index (χ2n) is 17.5. The van der Waals surface area contributed by atoms with Crippen LogP contribution in [0.5, 0.6) is 0 Å². The Morgan fingerprint density at radius 2 is 1.18 bits per heavy atom. The number of aromatic nitrogens is 1. The number of hydrogen-bond acceptors (Lipinski definition) is 10. The van der Waals surface area contributed by atoms with Crippen LogP contribution in [0.1, 0.15) is 116 Å². The topological polar surface area (TPSA) is 132 Å². The molecule has 12 nitrogen and oxygen atoms in total. The van der Waals surface area contributed by atoms with E-state index in [0.29, 0.717) is 26.8 Å². The summed E-state index contributed by atoms with van der Waals surface area (Å²) in [5.41, 5.74) is -3.44. The Kier molecular flexibility index (Phi) is 10.8. The molecule has 1 atom stereocenters. The summed E-state index contributed by atoms with van der Waals surface area (Å²) in [5, 5.41) is 0.563. The number of rotatable bonds is 5. The SMILES string of the molecule is CC(C)(C)OC(=O)[C@H](Cc1cn(C(=O)OC(C)(C)C)c2cc(B3OC(C)(C)C(C)(C)O3)ccc12)N(C(=O)OC(C)(C)C)C(=O)OC(C)(C)C. The van der Waals surface area contributed by atoms with Crippen molar-refractivity contribution in [3.63, 3.8) is 0 Å². The third-order valence-electron chi connectivity index (χ3n) is 7.61. The van der Waals surface area contributed by atoms with Crippen LogP contribution in [0.15, 0.2) is 24.4 Å². The van der Waals surface area contributed by atoms with Crippen molar-refractivity contribution in [3.05, 3.63) is 30.0 Å². The fraction of sp³-hybridized carbons (Fsp3) is 0.667. The molecule has 0 N–H and O–H groups in total. The third kappa shape index (κ3) is 10.2. The van der Waals surface area contributed by atoms with Gasteiger partial charge in [-0.15, -0.1) is 0 Å². The van der Waals surface area contributed by atoms with Crippen LogP contribution in [-0.2, 0) is 39.5 Å². The third-order valence-corrected chi connectivity index (χ3v) is 7.61. The molecule has 49 heavy (non-hydrogen) atoms. The highest BCUT2D eigenvalue weighted by molar-refractivity contribution is 6.62. The highest BCUT2D eigenvalue weighted by Crippen LogP contribution is 2.37. The summed E-state index contributed by atoms with van der Waals surface area (Å²) in [7, 11) is -0.718. The van der Waals surface area contributed by atoms with Gasteiger partial charge in [0.25, 0.3) is 0 Å². The van der Waals surface area contributed by atoms with Gasteiger partial charge in [0.1, 0.15) is 28.4 Å². The maximum absolute atomic E-state index is 13.9. The first kappa shape index (κ1) is 39.9. The quantitative estimate of drug-likeness (QED) is 0.182. The van der Waals surface area contributed by atoms with E-state index in [0.717, 1.165) is 0 Å². The van der Waals surface area contributed by atoms with E-state index < -0.39 is 71.0 Å². The number of esters is 1. The van der Waals surface area contributed by atoms with Crippen molar-refractivity contribution < 1.29 is 47.4 Å². The van der Waals surface area contributed by atoms with Gasteiger partial charge in [0.05, 0.1) is 16.7 Å². The molecule has 2 heterocycles. The van der Waals surface area contributed by atoms with Crippen molar-refractivity contribution in [1.82, 2.24) is 9.47 Å². The van der Waals surface area contributed by atoms with Gasteiger partial charge >= 0.3 is 31.4 Å². The zero-order valence-electron chi connectivity index (χ0n) is 32.1. The zero-order valence-corrected chi connectivity index (χ0v) is 32.1. The van der Waals surface area contributed by atoms with Crippen LogP contribution < -0.4 is 5.46 Å². The van der Waals surface area contributed by atoms with E-state index in [-0.39, 0.29) is 6.42 Å². The summed E-state index contributed by atoms with van der Waals surface area (Å²) in [6.45, 7) is 28.0. The van der Waals surface area contributed by atoms with Gasteiger partial charge in [-0.1, -0.05) is 12.1 Å². The fourth-order valence-corrected chi connectivity index (χ4v) is 4.87. The fourth-order valence-electron chi connectivity index (χ4n) is 4.87. The summed E-state index contributed by atoms with van der Waals surface area (Å²) in [6, 6.07) is 3.83. The van der Waals surface area contributed by atoms with Crippen LogP contribution in [-0.4, -0.2) is 80.5 Å². The predicted molar refractivity (Wildman–Crippen MR) is 187 cm³/mol. The highest BCUT2D eigenvalue weighted by atomic mass is 16.7. The molecule has 1 aromatic heterocycles. The molecule has 0 radical (unpaired) electrons. The van der Waals surface area contributed by atoms with Gasteiger partial charge in [-0.05, 0) is 128 Å². The molecule has 0 aliphatic carbocycles. The molecule has 1 fully saturated rings. The van der Waals surface area contributed by atoms with Crippen LogP contribution in [0.2, 0.25) is 0 Å². The molecule has 13 heteroatoms. The molecular formula is C36H55BN2O10. The molecular weight excluding hydrogens is 631 g/mol. The number of fused-ring (bicyclic) bond motifs is 1. The van der Waals surface area contributed by atoms with Gasteiger partial charge < -0.3 is 28.3 Å². The second kappa shape index (κ2) is 13.3. The molecule has 0 unspecified atom stereocenters. The van der Waals surface area contributed by atoms with Crippen LogP contribution in [0, 0.1) is 0 Å². The number of benzene rings is 1. The molecule has 2 aromatic rings. The highest BCUT2D eigenvalue weighted by Gasteiger charge is 2.52. The number of nitrogens with zero attached hydrogens (tertiary/aromatic N) is 2. The van der Waals surface area contributed by atoms with Crippen molar-refractivity contribution in [2.24, 2.45) is 0 Å². The Bertz CT molecular complexity index is 1540. The standard InChI is InChI=1S/C36H55BN2O10/c1-31(2,3)44-27(40)26(39(29(42)46-33(7,8)9)30(43)47-34(10,11)12)19-22-21-38(28(41)45-32(4,5)6)25-20-23(17-18-24(22)25)37-48-35(13,14)36(15,16)49-37/h17-18,20-21,26H,19H2,1-16H3/t26-/m0/s1. The van der Waals surface area contributed by atoms with E-state index in [2.05, 4.69) is 0 Å². The molecule has 1 aliphatic heterocycles. The first-order valence-electron chi connectivity index (χ1n) is 16.6. The molecule has 3 rings (SSSR count). The summed E-state index contributed by atoms with van der Waals surface area (Å²) in [5.74, 6) is -0.865. The van der Waals surface area contributed by atoms with Crippen LogP contribution in [0.4, 0.5) is 14.4 Å². The summed E-state index contributed by atoms with van der Waals surface area (Å²) >= 11 is 0. The Hall–Kier alpha value is -3.58. The number of carbonyl (C=O) groups is 4. The van der Waals surface area contributed by atoms with E-state index in [1.54, 1.807) is 95.2 Å². The maximum atomic E-state index is 13.9. The number of carbonyl (C=O) groups excluding carboxylic acids is 4. The Morgan fingerprint density at radius 1 is 0.735 bits per heavy atom. The van der Waals surface area contributed by atoms with Crippen molar-refractivity contribution in [3.8, 4) is 0 Å². The molecule has 1 aromatic carbocycles. The van der Waals surface area contributed by atoms with Crippen molar-refractivity contribution in [2.75, 3.05) is 0 Å². The minimum atomic E-state index is -1.54. The maximum Gasteiger partial charge on any atom is 0.494 e. The molecule has 0 saturated carbocycles. The number of imide groups is 1. The predicted octanol–water partition coefficient (Wildman–Crippen LogP) is 7.15. The molecule has 1 saturated heterocycles. The van der Waals surface area contributed by atoms with Crippen LogP contribution >= 0.6 is 0 Å². The van der Waals surface area contributed by atoms with Crippen molar-refractivity contribution in [2.45, 2.75) is 157 Å². The van der Waals surface area contributed by atoms with Gasteiger partial charge in [0.2, 0.25) is 0 Å². The molecule has 272 valence electrons. The zero-order chi connectivity index (χ0) is 37.7. The molecule has 2 amide bonds. The van der Waals surface area contributed by atoms with E-state index in [1.165, 1.54) is 10.8 Å². The van der Waals surface area contributed by atoms with Gasteiger partial charge in [0, 0.05) is 18.0 Å². The smallest absolute Gasteiger partial charge is 0.458 e. The lowest BCUT2D eigenvalue weighted by Crippen LogP contribution is -2.54. The number of hydrogen-bond donors (Lipinski definition) is 0. The summed E-state index contributed by atoms with van der Waals surface area (Å²) in [6.07, 6.45) is -1.55. The van der Waals surface area contributed by atoms with Gasteiger partial charge in [-0.2, -0.15) is 4.90 Å². The van der Waals surface area contributed by atoms with E-state index in [1.807, 2.05) is 33.8 Å². The molecule has 0 bridgehead atoms. The number of ether oxygens (including phenoxy) is 4. The van der Waals surface area contributed by atoms with Gasteiger partial charge in [0.15, 0.2) is 0 Å². The summed E-state index contributed by atoms with van der Waals surface area (Å²) < 4.78 is 36.6. The van der Waals surface area contributed by atoms with Crippen molar-refractivity contribution in [1.29, 1.82) is 0 Å². The Morgan fingerprint density at radius 3 is 1.61 bits per heavy atom. The van der Waals surface area contributed by atoms with Gasteiger partial charge in [-0.25, -0.2) is 19.2 Å². The minimum Gasteiger partial charge on any atom is -0.458 e. The largest absolute Gasteiger partial charge is 0.494 e. The Labute approximate surface area is 291 Å². The monoisotopic (exact) mass is 686 g/mol. The minimum absolute atomic E-state index is 0.241. The summed E-state index contributed by atoms with van der Waals surface area (Å²) in [4.78, 5) is 55.6. The molecule has 1 aliphatic rings. The van der Waals surface area contributed by atoms with Crippen LogP contribution in [0.25, 0.3) is 10.9 Å².